The number of imidazole rings is 1. The third-order valence-electron chi connectivity index (χ3n) is 1.72. The first-order valence-corrected chi connectivity index (χ1v) is 3.94. The third kappa shape index (κ3) is 1.50. The molecule has 2 nitrogen and oxygen atoms in total. The molecule has 0 spiro atoms. The molecule has 0 aliphatic heterocycles. The van der Waals surface area contributed by atoms with Crippen molar-refractivity contribution < 1.29 is 0 Å². The number of rotatable bonds is 3. The summed E-state index contributed by atoms with van der Waals surface area (Å²) in [6.07, 6.45) is 4.81. The van der Waals surface area contributed by atoms with Crippen LogP contribution in [0.5, 0.6) is 0 Å². The molecule has 2 heteroatoms. The largest absolute Gasteiger partial charge is 0.329 e. The van der Waals surface area contributed by atoms with Crippen LogP contribution in [0.3, 0.4) is 0 Å². The van der Waals surface area contributed by atoms with Gasteiger partial charge in [-0.1, -0.05) is 13.5 Å². The van der Waals surface area contributed by atoms with Crippen LogP contribution < -0.4 is 0 Å². The Bertz CT molecular complexity index is 248. The van der Waals surface area contributed by atoms with Crippen LogP contribution >= 0.6 is 0 Å². The van der Waals surface area contributed by atoms with E-state index in [1.54, 1.807) is 6.08 Å². The van der Waals surface area contributed by atoms with Crippen molar-refractivity contribution in [2.45, 2.75) is 26.8 Å². The first-order chi connectivity index (χ1) is 5.29. The molecule has 0 N–H and O–H groups in total. The first-order valence-electron chi connectivity index (χ1n) is 3.94. The standard InChI is InChI=1S/C9H14N2/c1-4-6-11-8(3)7-10-9(11)5-2/h5,7H,2,4,6H2,1,3H3. The van der Waals surface area contributed by atoms with E-state index >= 15 is 0 Å². The Kier molecular flexibility index (Phi) is 2.47. The summed E-state index contributed by atoms with van der Waals surface area (Å²) in [7, 11) is 0. The Morgan fingerprint density at radius 1 is 1.73 bits per heavy atom. The van der Waals surface area contributed by atoms with Gasteiger partial charge >= 0.3 is 0 Å². The van der Waals surface area contributed by atoms with Gasteiger partial charge in [-0.05, 0) is 19.4 Å². The molecule has 1 rings (SSSR count). The Hall–Kier alpha value is -1.05. The lowest BCUT2D eigenvalue weighted by molar-refractivity contribution is 0.656. The summed E-state index contributed by atoms with van der Waals surface area (Å²) in [4.78, 5) is 4.20. The first kappa shape index (κ1) is 8.05. The molecule has 11 heavy (non-hydrogen) atoms. The summed E-state index contributed by atoms with van der Waals surface area (Å²) in [6.45, 7) is 8.96. The highest BCUT2D eigenvalue weighted by molar-refractivity contribution is 5.37. The van der Waals surface area contributed by atoms with E-state index in [-0.39, 0.29) is 0 Å². The summed E-state index contributed by atoms with van der Waals surface area (Å²) in [5.74, 6) is 0.976. The molecule has 0 aliphatic carbocycles. The lowest BCUT2D eigenvalue weighted by Crippen LogP contribution is -2.01. The number of aromatic nitrogens is 2. The minimum absolute atomic E-state index is 0.976. The molecule has 0 radical (unpaired) electrons. The minimum Gasteiger partial charge on any atom is -0.329 e. The van der Waals surface area contributed by atoms with Crippen molar-refractivity contribution in [3.05, 3.63) is 24.3 Å². The fraction of sp³-hybridized carbons (Fsp3) is 0.444. The van der Waals surface area contributed by atoms with Gasteiger partial charge < -0.3 is 4.57 Å². The van der Waals surface area contributed by atoms with Gasteiger partial charge in [-0.15, -0.1) is 0 Å². The molecule has 0 amide bonds. The Balaban J connectivity index is 2.97. The quantitative estimate of drug-likeness (QED) is 0.646. The van der Waals surface area contributed by atoms with Gasteiger partial charge in [-0.2, -0.15) is 0 Å². The number of hydrogen-bond acceptors (Lipinski definition) is 1. The molecule has 0 fully saturated rings. The Morgan fingerprint density at radius 2 is 2.45 bits per heavy atom. The zero-order chi connectivity index (χ0) is 8.27. The van der Waals surface area contributed by atoms with E-state index in [9.17, 15) is 0 Å². The third-order valence-corrected chi connectivity index (χ3v) is 1.72. The molecule has 60 valence electrons. The fourth-order valence-electron chi connectivity index (χ4n) is 1.16. The zero-order valence-electron chi connectivity index (χ0n) is 7.17. The second-order valence-electron chi connectivity index (χ2n) is 2.61. The van der Waals surface area contributed by atoms with Gasteiger partial charge in [0.05, 0.1) is 0 Å². The van der Waals surface area contributed by atoms with Crippen molar-refractivity contribution >= 4 is 6.08 Å². The second-order valence-corrected chi connectivity index (χ2v) is 2.61. The van der Waals surface area contributed by atoms with E-state index in [0.29, 0.717) is 0 Å². The molecule has 0 saturated carbocycles. The molecule has 1 aromatic heterocycles. The van der Waals surface area contributed by atoms with Crippen LogP contribution in [-0.4, -0.2) is 9.55 Å². The number of nitrogens with zero attached hydrogens (tertiary/aromatic N) is 2. The number of aryl methyl sites for hydroxylation is 1. The highest BCUT2D eigenvalue weighted by atomic mass is 15.1. The lowest BCUT2D eigenvalue weighted by atomic mass is 10.4. The van der Waals surface area contributed by atoms with Crippen molar-refractivity contribution in [1.82, 2.24) is 9.55 Å². The summed E-state index contributed by atoms with van der Waals surface area (Å²) >= 11 is 0. The molecule has 0 aliphatic rings. The topological polar surface area (TPSA) is 17.8 Å². The second kappa shape index (κ2) is 3.37. The van der Waals surface area contributed by atoms with Crippen molar-refractivity contribution in [1.29, 1.82) is 0 Å². The molecule has 1 heterocycles. The van der Waals surface area contributed by atoms with Gasteiger partial charge in [-0.3, -0.25) is 0 Å². The van der Waals surface area contributed by atoms with E-state index in [1.165, 1.54) is 5.69 Å². The molecule has 0 atom stereocenters. The summed E-state index contributed by atoms with van der Waals surface area (Å²) < 4.78 is 2.17. The van der Waals surface area contributed by atoms with Crippen LogP contribution in [0.2, 0.25) is 0 Å². The summed E-state index contributed by atoms with van der Waals surface area (Å²) in [5.41, 5.74) is 1.21. The fourth-order valence-corrected chi connectivity index (χ4v) is 1.16. The van der Waals surface area contributed by atoms with Crippen LogP contribution in [-0.2, 0) is 6.54 Å². The van der Waals surface area contributed by atoms with Crippen LogP contribution in [0.25, 0.3) is 6.08 Å². The predicted molar refractivity (Wildman–Crippen MR) is 47.3 cm³/mol. The van der Waals surface area contributed by atoms with E-state index < -0.39 is 0 Å². The van der Waals surface area contributed by atoms with Gasteiger partial charge in [0.2, 0.25) is 0 Å². The maximum absolute atomic E-state index is 4.20. The molecule has 0 bridgehead atoms. The van der Waals surface area contributed by atoms with Crippen molar-refractivity contribution in [2.75, 3.05) is 0 Å². The van der Waals surface area contributed by atoms with Crippen molar-refractivity contribution in [2.24, 2.45) is 0 Å². The molecule has 0 aromatic carbocycles. The minimum atomic E-state index is 0.976. The zero-order valence-corrected chi connectivity index (χ0v) is 7.17. The van der Waals surface area contributed by atoms with E-state index in [0.717, 1.165) is 18.8 Å². The van der Waals surface area contributed by atoms with Crippen LogP contribution in [0.1, 0.15) is 24.9 Å². The van der Waals surface area contributed by atoms with Gasteiger partial charge in [0.15, 0.2) is 0 Å². The highest BCUT2D eigenvalue weighted by Crippen LogP contribution is 2.05. The molecule has 1 aromatic rings. The Morgan fingerprint density at radius 3 is 3.00 bits per heavy atom. The lowest BCUT2D eigenvalue weighted by Gasteiger charge is -2.04. The monoisotopic (exact) mass is 150 g/mol. The van der Waals surface area contributed by atoms with Gasteiger partial charge in [0, 0.05) is 18.4 Å². The van der Waals surface area contributed by atoms with Gasteiger partial charge in [0.1, 0.15) is 5.82 Å². The smallest absolute Gasteiger partial charge is 0.132 e. The van der Waals surface area contributed by atoms with Gasteiger partial charge in [-0.25, -0.2) is 4.98 Å². The van der Waals surface area contributed by atoms with Crippen molar-refractivity contribution in [3.8, 4) is 0 Å². The maximum Gasteiger partial charge on any atom is 0.132 e. The maximum atomic E-state index is 4.20. The van der Waals surface area contributed by atoms with Crippen LogP contribution in [0.4, 0.5) is 0 Å². The van der Waals surface area contributed by atoms with Crippen LogP contribution in [0.15, 0.2) is 12.8 Å². The van der Waals surface area contributed by atoms with E-state index in [4.69, 9.17) is 0 Å². The summed E-state index contributed by atoms with van der Waals surface area (Å²) in [5, 5.41) is 0. The predicted octanol–water partition coefficient (Wildman–Crippen LogP) is 2.24. The molecular weight excluding hydrogens is 136 g/mol. The SMILES string of the molecule is C=Cc1ncc(C)n1CCC. The number of hydrogen-bond donors (Lipinski definition) is 0. The molecule has 0 saturated heterocycles. The molecular formula is C9H14N2. The average Bonchev–Trinajstić information content (AvgIpc) is 2.34. The highest BCUT2D eigenvalue weighted by Gasteiger charge is 2.00. The van der Waals surface area contributed by atoms with E-state index in [1.807, 2.05) is 6.20 Å². The van der Waals surface area contributed by atoms with Gasteiger partial charge in [0.25, 0.3) is 0 Å². The van der Waals surface area contributed by atoms with Crippen molar-refractivity contribution in [3.63, 3.8) is 0 Å². The van der Waals surface area contributed by atoms with Crippen LogP contribution in [0, 0.1) is 6.92 Å². The molecule has 0 unspecified atom stereocenters. The van der Waals surface area contributed by atoms with E-state index in [2.05, 4.69) is 30.0 Å². The average molecular weight is 150 g/mol. The normalized spacial score (nSPS) is 10.0. The Labute approximate surface area is 67.6 Å². The summed E-state index contributed by atoms with van der Waals surface area (Å²) in [6, 6.07) is 0.